The maximum atomic E-state index is 11.7. The van der Waals surface area contributed by atoms with E-state index < -0.39 is 6.04 Å². The van der Waals surface area contributed by atoms with Crippen LogP contribution < -0.4 is 16.8 Å². The second kappa shape index (κ2) is 6.97. The van der Waals surface area contributed by atoms with Gasteiger partial charge in [-0.15, -0.1) is 11.3 Å². The van der Waals surface area contributed by atoms with Crippen molar-refractivity contribution in [2.75, 3.05) is 13.6 Å². The summed E-state index contributed by atoms with van der Waals surface area (Å²) in [7, 11) is 1.61. The Balaban J connectivity index is 2.26. The molecule has 1 atom stereocenters. The highest BCUT2D eigenvalue weighted by molar-refractivity contribution is 7.11. The monoisotopic (exact) mass is 255 g/mol. The molecule has 1 aromatic rings. The third kappa shape index (κ3) is 4.49. The minimum Gasteiger partial charge on any atom is -0.370 e. The summed E-state index contributed by atoms with van der Waals surface area (Å²) in [6, 6.07) is -0.497. The Morgan fingerprint density at radius 1 is 1.71 bits per heavy atom. The van der Waals surface area contributed by atoms with Crippen molar-refractivity contribution in [2.24, 2.45) is 16.5 Å². The van der Waals surface area contributed by atoms with Gasteiger partial charge in [-0.25, -0.2) is 4.98 Å². The predicted octanol–water partition coefficient (Wildman–Crippen LogP) is -0.0326. The Morgan fingerprint density at radius 3 is 3.06 bits per heavy atom. The first-order valence-corrected chi connectivity index (χ1v) is 6.18. The van der Waals surface area contributed by atoms with Crippen molar-refractivity contribution in [1.82, 2.24) is 10.3 Å². The summed E-state index contributed by atoms with van der Waals surface area (Å²) in [4.78, 5) is 19.4. The van der Waals surface area contributed by atoms with Crippen LogP contribution in [0.25, 0.3) is 0 Å². The van der Waals surface area contributed by atoms with Crippen molar-refractivity contribution in [1.29, 1.82) is 0 Å². The van der Waals surface area contributed by atoms with Gasteiger partial charge >= 0.3 is 0 Å². The molecule has 0 aliphatic rings. The molecule has 0 aromatic carbocycles. The number of guanidine groups is 1. The van der Waals surface area contributed by atoms with Crippen LogP contribution in [0, 0.1) is 0 Å². The van der Waals surface area contributed by atoms with E-state index in [0.717, 1.165) is 6.42 Å². The fourth-order valence-electron chi connectivity index (χ4n) is 1.25. The molecule has 1 heterocycles. The summed E-state index contributed by atoms with van der Waals surface area (Å²) in [5.74, 6) is 0.293. The first-order valence-electron chi connectivity index (χ1n) is 5.30. The van der Waals surface area contributed by atoms with Crippen LogP contribution in [0.2, 0.25) is 0 Å². The Kier molecular flexibility index (Phi) is 5.58. The topological polar surface area (TPSA) is 106 Å². The number of nitrogens with one attached hydrogen (secondary N) is 1. The van der Waals surface area contributed by atoms with Crippen molar-refractivity contribution in [3.05, 3.63) is 16.6 Å². The average molecular weight is 255 g/mol. The molecule has 5 N–H and O–H groups in total. The standard InChI is InChI=1S/C10H17N5OS/c1-13-10(12)15-4-2-3-7(11)8(16)9-14-5-6-17-9/h5-7H,2-4,11H2,1H3,(H3,12,13,15). The Morgan fingerprint density at radius 2 is 2.47 bits per heavy atom. The zero-order valence-electron chi connectivity index (χ0n) is 9.72. The number of nitrogens with zero attached hydrogens (tertiary/aromatic N) is 2. The van der Waals surface area contributed by atoms with Crippen LogP contribution in [0.15, 0.2) is 16.6 Å². The minimum atomic E-state index is -0.497. The molecular weight excluding hydrogens is 238 g/mol. The van der Waals surface area contributed by atoms with Crippen LogP contribution in [-0.4, -0.2) is 36.4 Å². The molecule has 0 aliphatic carbocycles. The number of carbonyl (C=O) groups is 1. The molecule has 0 radical (unpaired) electrons. The summed E-state index contributed by atoms with van der Waals surface area (Å²) in [5, 5.41) is 5.15. The minimum absolute atomic E-state index is 0.0999. The highest BCUT2D eigenvalue weighted by Gasteiger charge is 2.17. The first-order chi connectivity index (χ1) is 8.15. The first kappa shape index (κ1) is 13.6. The molecule has 0 amide bonds. The number of carbonyl (C=O) groups excluding carboxylic acids is 1. The van der Waals surface area contributed by atoms with Crippen molar-refractivity contribution >= 4 is 23.1 Å². The third-order valence-electron chi connectivity index (χ3n) is 2.22. The maximum absolute atomic E-state index is 11.7. The van der Waals surface area contributed by atoms with Crippen LogP contribution in [0.5, 0.6) is 0 Å². The molecule has 0 saturated carbocycles. The van der Waals surface area contributed by atoms with Crippen LogP contribution in [-0.2, 0) is 0 Å². The molecule has 0 bridgehead atoms. The molecule has 1 unspecified atom stereocenters. The molecule has 94 valence electrons. The number of Topliss-reactive ketones (excluding diaryl/α,β-unsaturated/α-hetero) is 1. The van der Waals surface area contributed by atoms with Gasteiger partial charge in [0.2, 0.25) is 5.78 Å². The number of aliphatic imine (C=N–C) groups is 1. The molecule has 1 rings (SSSR count). The smallest absolute Gasteiger partial charge is 0.207 e. The Hall–Kier alpha value is -1.47. The lowest BCUT2D eigenvalue weighted by molar-refractivity contribution is 0.0956. The fraction of sp³-hybridized carbons (Fsp3) is 0.500. The maximum Gasteiger partial charge on any atom is 0.207 e. The van der Waals surface area contributed by atoms with Gasteiger partial charge in [0.25, 0.3) is 0 Å². The number of rotatable bonds is 6. The molecule has 0 saturated heterocycles. The van der Waals surface area contributed by atoms with E-state index in [1.807, 2.05) is 0 Å². The van der Waals surface area contributed by atoms with Gasteiger partial charge in [-0.3, -0.25) is 9.79 Å². The van der Waals surface area contributed by atoms with Crippen molar-refractivity contribution in [2.45, 2.75) is 18.9 Å². The van der Waals surface area contributed by atoms with Crippen molar-refractivity contribution in [3.63, 3.8) is 0 Å². The highest BCUT2D eigenvalue weighted by Crippen LogP contribution is 2.08. The Labute approximate surface area is 104 Å². The van der Waals surface area contributed by atoms with Crippen LogP contribution in [0.3, 0.4) is 0 Å². The quantitative estimate of drug-likeness (QED) is 0.286. The van der Waals surface area contributed by atoms with E-state index >= 15 is 0 Å². The summed E-state index contributed by atoms with van der Waals surface area (Å²) >= 11 is 1.31. The predicted molar refractivity (Wildman–Crippen MR) is 69.2 cm³/mol. The summed E-state index contributed by atoms with van der Waals surface area (Å²) < 4.78 is 0. The molecule has 7 heteroatoms. The number of nitrogens with two attached hydrogens (primary N) is 2. The lowest BCUT2D eigenvalue weighted by Crippen LogP contribution is -2.34. The second-order valence-corrected chi connectivity index (χ2v) is 4.38. The molecule has 0 fully saturated rings. The van der Waals surface area contributed by atoms with Gasteiger partial charge in [0.05, 0.1) is 6.04 Å². The van der Waals surface area contributed by atoms with Gasteiger partial charge in [0.1, 0.15) is 0 Å². The van der Waals surface area contributed by atoms with E-state index in [1.165, 1.54) is 11.3 Å². The highest BCUT2D eigenvalue weighted by atomic mass is 32.1. The molecule has 6 nitrogen and oxygen atoms in total. The van der Waals surface area contributed by atoms with Gasteiger partial charge in [-0.05, 0) is 12.8 Å². The van der Waals surface area contributed by atoms with E-state index in [1.54, 1.807) is 18.6 Å². The van der Waals surface area contributed by atoms with Crippen LogP contribution in [0.4, 0.5) is 0 Å². The van der Waals surface area contributed by atoms with E-state index in [-0.39, 0.29) is 5.78 Å². The van der Waals surface area contributed by atoms with Crippen LogP contribution >= 0.6 is 11.3 Å². The van der Waals surface area contributed by atoms with E-state index in [2.05, 4.69) is 15.3 Å². The molecule has 0 spiro atoms. The van der Waals surface area contributed by atoms with Gasteiger partial charge in [0, 0.05) is 25.2 Å². The Bertz CT molecular complexity index is 376. The number of aromatic nitrogens is 1. The summed E-state index contributed by atoms with van der Waals surface area (Å²) in [5.41, 5.74) is 11.2. The number of thiazole rings is 1. The lowest BCUT2D eigenvalue weighted by Gasteiger charge is -2.09. The largest absolute Gasteiger partial charge is 0.370 e. The van der Waals surface area contributed by atoms with Gasteiger partial charge in [0.15, 0.2) is 11.0 Å². The zero-order valence-corrected chi connectivity index (χ0v) is 10.5. The number of hydrogen-bond donors (Lipinski definition) is 3. The normalized spacial score (nSPS) is 13.4. The van der Waals surface area contributed by atoms with Gasteiger partial charge < -0.3 is 16.8 Å². The zero-order chi connectivity index (χ0) is 12.7. The molecular formula is C10H17N5OS. The van der Waals surface area contributed by atoms with Gasteiger partial charge in [-0.1, -0.05) is 0 Å². The van der Waals surface area contributed by atoms with E-state index in [0.29, 0.717) is 23.9 Å². The summed E-state index contributed by atoms with van der Waals surface area (Å²) in [6.07, 6.45) is 2.96. The second-order valence-electron chi connectivity index (χ2n) is 3.49. The van der Waals surface area contributed by atoms with E-state index in [4.69, 9.17) is 11.5 Å². The van der Waals surface area contributed by atoms with E-state index in [9.17, 15) is 4.79 Å². The summed E-state index contributed by atoms with van der Waals surface area (Å²) in [6.45, 7) is 0.655. The number of hydrogen-bond acceptors (Lipinski definition) is 5. The lowest BCUT2D eigenvalue weighted by atomic mass is 10.1. The molecule has 0 aliphatic heterocycles. The molecule has 1 aromatic heterocycles. The van der Waals surface area contributed by atoms with Crippen LogP contribution in [0.1, 0.15) is 22.6 Å². The number of ketones is 1. The fourth-order valence-corrected chi connectivity index (χ4v) is 1.89. The third-order valence-corrected chi connectivity index (χ3v) is 3.01. The SMILES string of the molecule is CN=C(N)NCCCC(N)C(=O)c1nccs1. The van der Waals surface area contributed by atoms with Crippen molar-refractivity contribution in [3.8, 4) is 0 Å². The molecule has 17 heavy (non-hydrogen) atoms. The van der Waals surface area contributed by atoms with Gasteiger partial charge in [-0.2, -0.15) is 0 Å². The van der Waals surface area contributed by atoms with Crippen molar-refractivity contribution < 1.29 is 4.79 Å². The average Bonchev–Trinajstić information content (AvgIpc) is 2.86.